The van der Waals surface area contributed by atoms with E-state index in [-0.39, 0.29) is 42.1 Å². The van der Waals surface area contributed by atoms with Crippen molar-refractivity contribution in [1.29, 1.82) is 0 Å². The van der Waals surface area contributed by atoms with Crippen molar-refractivity contribution in [2.24, 2.45) is 0 Å². The second kappa shape index (κ2) is 9.18. The minimum atomic E-state index is -1.35. The molecule has 7 heteroatoms. The molecule has 2 aromatic rings. The van der Waals surface area contributed by atoms with Gasteiger partial charge in [-0.15, -0.1) is 0 Å². The van der Waals surface area contributed by atoms with Crippen LogP contribution in [-0.4, -0.2) is 22.2 Å². The van der Waals surface area contributed by atoms with Crippen LogP contribution in [-0.2, 0) is 19.5 Å². The number of aryl methyl sites for hydroxylation is 4. The predicted octanol–water partition coefficient (Wildman–Crippen LogP) is 0.743. The summed E-state index contributed by atoms with van der Waals surface area (Å²) in [5.74, 6) is -3.11. The molecule has 0 heterocycles. The van der Waals surface area contributed by atoms with Gasteiger partial charge in [0, 0.05) is 11.1 Å². The molecule has 2 rings (SSSR count). The molecule has 0 bridgehead atoms. The summed E-state index contributed by atoms with van der Waals surface area (Å²) >= 11 is 0. The fourth-order valence-corrected chi connectivity index (χ4v) is 2.23. The maximum absolute atomic E-state index is 10.5. The van der Waals surface area contributed by atoms with E-state index in [9.17, 15) is 30.0 Å². The average Bonchev–Trinajstić information content (AvgIpc) is 2.46. The summed E-state index contributed by atoms with van der Waals surface area (Å²) in [4.78, 5) is 20.9. The molecule has 0 unspecified atom stereocenters. The Morgan fingerprint density at radius 2 is 1.00 bits per heavy atom. The monoisotopic (exact) mass is 394 g/mol. The zero-order valence-corrected chi connectivity index (χ0v) is 17.5. The Labute approximate surface area is 158 Å². The summed E-state index contributed by atoms with van der Waals surface area (Å²) in [5.41, 5.74) is 2.40. The summed E-state index contributed by atoms with van der Waals surface area (Å²) in [5, 5.41) is 39.5. The molecule has 0 fully saturated rings. The fourth-order valence-electron chi connectivity index (χ4n) is 2.23. The van der Waals surface area contributed by atoms with Crippen LogP contribution >= 0.6 is 0 Å². The minimum Gasteiger partial charge on any atom is -0.545 e. The van der Waals surface area contributed by atoms with Crippen LogP contribution in [0.5, 0.6) is 11.5 Å². The van der Waals surface area contributed by atoms with Crippen LogP contribution in [0, 0.1) is 27.7 Å². The minimum absolute atomic E-state index is 0. The molecule has 0 saturated heterocycles. The zero-order chi connectivity index (χ0) is 18.6. The van der Waals surface area contributed by atoms with Crippen LogP contribution in [0.15, 0.2) is 24.3 Å². The summed E-state index contributed by atoms with van der Waals surface area (Å²) < 4.78 is 0. The topological polar surface area (TPSA) is 121 Å². The van der Waals surface area contributed by atoms with E-state index in [0.717, 1.165) is 11.1 Å². The van der Waals surface area contributed by atoms with Gasteiger partial charge in [-0.3, -0.25) is 0 Å². The first-order valence-electron chi connectivity index (χ1n) is 7.07. The van der Waals surface area contributed by atoms with Gasteiger partial charge in [0.1, 0.15) is 11.5 Å². The van der Waals surface area contributed by atoms with Gasteiger partial charge in [-0.05, 0) is 62.1 Å². The Balaban J connectivity index is 0.000000443. The zero-order valence-electron chi connectivity index (χ0n) is 14.5. The van der Waals surface area contributed by atoms with E-state index in [1.54, 1.807) is 39.8 Å². The van der Waals surface area contributed by atoms with E-state index < -0.39 is 11.9 Å². The van der Waals surface area contributed by atoms with Gasteiger partial charge in [-0.2, -0.15) is 0 Å². The smallest absolute Gasteiger partial charge is 0.545 e. The number of carbonyl (C=O) groups is 2. The van der Waals surface area contributed by atoms with Crippen LogP contribution in [0.25, 0.3) is 0 Å². The number of benzene rings is 2. The Hall–Kier alpha value is -2.40. The summed E-state index contributed by atoms with van der Waals surface area (Å²) in [6.07, 6.45) is 0. The van der Waals surface area contributed by atoms with Crippen molar-refractivity contribution in [3.8, 4) is 11.5 Å². The van der Waals surface area contributed by atoms with E-state index in [1.807, 2.05) is 0 Å². The van der Waals surface area contributed by atoms with Gasteiger partial charge in [0.05, 0.1) is 11.9 Å². The van der Waals surface area contributed by atoms with Crippen LogP contribution < -0.4 is 10.2 Å². The third kappa shape index (κ3) is 5.87. The number of hydrogen-bond donors (Lipinski definition) is 2. The van der Waals surface area contributed by atoms with E-state index >= 15 is 0 Å². The molecule has 0 aliphatic carbocycles. The number of carbonyl (C=O) groups excluding carboxylic acids is 2. The van der Waals surface area contributed by atoms with Crippen molar-refractivity contribution in [2.75, 3.05) is 0 Å². The molecular formula is C18H18O6Zn. The molecule has 2 aromatic carbocycles. The second-order valence-electron chi connectivity index (χ2n) is 5.53. The van der Waals surface area contributed by atoms with Crippen molar-refractivity contribution in [1.82, 2.24) is 0 Å². The van der Waals surface area contributed by atoms with Crippen molar-refractivity contribution in [3.05, 3.63) is 57.6 Å². The summed E-state index contributed by atoms with van der Waals surface area (Å²) in [7, 11) is 0. The van der Waals surface area contributed by atoms with Gasteiger partial charge in [-0.25, -0.2) is 0 Å². The Morgan fingerprint density at radius 1 is 0.720 bits per heavy atom. The number of carboxylic acid groups (broad SMARTS) is 2. The molecule has 128 valence electrons. The number of aromatic hydroxyl groups is 2. The largest absolute Gasteiger partial charge is 2.00 e. The van der Waals surface area contributed by atoms with Crippen molar-refractivity contribution in [2.45, 2.75) is 27.7 Å². The third-order valence-corrected chi connectivity index (χ3v) is 3.33. The SMILES string of the molecule is Cc1cc(C)c(O)c(C(=O)[O-])c1.Cc1cc(C)c(O)c(C(=O)[O-])c1.[Zn+2]. The molecule has 0 amide bonds. The number of phenols is 2. The number of rotatable bonds is 2. The van der Waals surface area contributed by atoms with Gasteiger partial charge in [-0.1, -0.05) is 12.1 Å². The molecule has 25 heavy (non-hydrogen) atoms. The van der Waals surface area contributed by atoms with Gasteiger partial charge < -0.3 is 30.0 Å². The normalized spacial score (nSPS) is 9.44. The summed E-state index contributed by atoms with van der Waals surface area (Å²) in [6.45, 7) is 6.82. The van der Waals surface area contributed by atoms with Crippen molar-refractivity contribution >= 4 is 11.9 Å². The van der Waals surface area contributed by atoms with E-state index in [4.69, 9.17) is 0 Å². The maximum Gasteiger partial charge on any atom is 2.00 e. The third-order valence-electron chi connectivity index (χ3n) is 3.33. The van der Waals surface area contributed by atoms with Gasteiger partial charge in [0.2, 0.25) is 0 Å². The van der Waals surface area contributed by atoms with E-state index in [2.05, 4.69) is 0 Å². The molecule has 0 atom stereocenters. The standard InChI is InChI=1S/2C9H10O3.Zn/c2*1-5-3-6(2)8(10)7(4-5)9(11)12;/h2*3-4,10H,1-2H3,(H,11,12);/q;;+2/p-2. The second-order valence-corrected chi connectivity index (χ2v) is 5.53. The first kappa shape index (κ1) is 22.6. The number of carboxylic acids is 2. The number of hydrogen-bond acceptors (Lipinski definition) is 6. The molecule has 2 N–H and O–H groups in total. The Bertz CT molecular complexity index is 731. The molecule has 0 spiro atoms. The van der Waals surface area contributed by atoms with Crippen LogP contribution in [0.3, 0.4) is 0 Å². The van der Waals surface area contributed by atoms with Crippen molar-refractivity contribution in [3.63, 3.8) is 0 Å². The number of aromatic carboxylic acids is 2. The average molecular weight is 396 g/mol. The first-order chi connectivity index (χ1) is 11.0. The Kier molecular flexibility index (Phi) is 8.30. The van der Waals surface area contributed by atoms with Crippen LogP contribution in [0.1, 0.15) is 43.0 Å². The van der Waals surface area contributed by atoms with Gasteiger partial charge in [0.25, 0.3) is 0 Å². The van der Waals surface area contributed by atoms with Crippen LogP contribution in [0.2, 0.25) is 0 Å². The Morgan fingerprint density at radius 3 is 1.24 bits per heavy atom. The molecular weight excluding hydrogens is 378 g/mol. The quantitative estimate of drug-likeness (QED) is 0.724. The van der Waals surface area contributed by atoms with Gasteiger partial charge >= 0.3 is 19.5 Å². The van der Waals surface area contributed by atoms with E-state index in [0.29, 0.717) is 11.1 Å². The van der Waals surface area contributed by atoms with Crippen LogP contribution in [0.4, 0.5) is 0 Å². The molecule has 0 saturated carbocycles. The molecule has 0 aliphatic rings. The van der Waals surface area contributed by atoms with Gasteiger partial charge in [0.15, 0.2) is 0 Å². The molecule has 6 nitrogen and oxygen atoms in total. The fraction of sp³-hybridized carbons (Fsp3) is 0.222. The molecule has 0 aromatic heterocycles. The summed E-state index contributed by atoms with van der Waals surface area (Å²) in [6, 6.07) is 6.19. The maximum atomic E-state index is 10.5. The molecule has 0 aliphatic heterocycles. The molecule has 0 radical (unpaired) electrons. The van der Waals surface area contributed by atoms with Crippen molar-refractivity contribution < 1.29 is 49.5 Å². The predicted molar refractivity (Wildman–Crippen MR) is 83.8 cm³/mol. The first-order valence-corrected chi connectivity index (χ1v) is 7.07. The van der Waals surface area contributed by atoms with E-state index in [1.165, 1.54) is 12.1 Å².